The highest BCUT2D eigenvalue weighted by Gasteiger charge is 2.51. The van der Waals surface area contributed by atoms with Crippen LogP contribution >= 0.6 is 0 Å². The van der Waals surface area contributed by atoms with Gasteiger partial charge in [-0.3, -0.25) is 0 Å². The smallest absolute Gasteiger partial charge is 0.314 e. The van der Waals surface area contributed by atoms with Crippen molar-refractivity contribution in [2.24, 2.45) is 0 Å². The monoisotopic (exact) mass is 600 g/mol. The molecule has 0 bridgehead atoms. The van der Waals surface area contributed by atoms with Gasteiger partial charge in [0.05, 0.1) is 0 Å². The van der Waals surface area contributed by atoms with Crippen LogP contribution in [0.15, 0.2) is 0 Å². The molecule has 0 aromatic rings. The van der Waals surface area contributed by atoms with E-state index in [1.54, 1.807) is 39.3 Å². The fourth-order valence-electron chi connectivity index (χ4n) is 4.25. The number of rotatable bonds is 0. The Hall–Kier alpha value is 1.42. The summed E-state index contributed by atoms with van der Waals surface area (Å²) in [5.41, 5.74) is 0. The molecule has 0 saturated carbocycles. The quantitative estimate of drug-likeness (QED) is 0.326. The van der Waals surface area contributed by atoms with Gasteiger partial charge in [0.15, 0.2) is 0 Å². The molecule has 1 heterocycles. The van der Waals surface area contributed by atoms with Crippen molar-refractivity contribution < 1.29 is 43.9 Å². The molecule has 1 aliphatic rings. The number of hydrogen-bond donors (Lipinski definition) is 0. The van der Waals surface area contributed by atoms with E-state index in [4.69, 9.17) is 43.9 Å². The van der Waals surface area contributed by atoms with Gasteiger partial charge in [0.2, 0.25) is 0 Å². The van der Waals surface area contributed by atoms with Crippen LogP contribution in [0.3, 0.4) is 0 Å². The summed E-state index contributed by atoms with van der Waals surface area (Å²) in [5, 5.41) is 0. The topological polar surface area (TPSA) is 73.8 Å². The van der Waals surface area contributed by atoms with Crippen molar-refractivity contribution >= 4 is 68.5 Å². The minimum absolute atomic E-state index is 1.32. The molecule has 0 N–H and O–H groups in total. The Morgan fingerprint density at radius 2 is 0.500 bits per heavy atom. The molecule has 32 heavy (non-hydrogen) atoms. The summed E-state index contributed by atoms with van der Waals surface area (Å²) in [6.07, 6.45) is 0. The predicted molar refractivity (Wildman–Crippen MR) is 149 cm³/mol. The third-order valence-electron chi connectivity index (χ3n) is 3.64. The average molecular weight is 601 g/mol. The van der Waals surface area contributed by atoms with Crippen LogP contribution in [0.1, 0.15) is 11.0 Å². The Balaban J connectivity index is 3.96. The van der Waals surface area contributed by atoms with Gasteiger partial charge in [-0.05, 0) is 105 Å². The summed E-state index contributed by atoms with van der Waals surface area (Å²) < 4.78 is 118. The lowest BCUT2D eigenvalue weighted by Crippen LogP contribution is -2.64. The van der Waals surface area contributed by atoms with Crippen LogP contribution in [0.2, 0.25) is 105 Å². The predicted octanol–water partition coefficient (Wildman–Crippen LogP) is 5.75. The molecule has 1 fully saturated rings. The molecule has 1 aliphatic heterocycles. The first-order valence-corrected chi connectivity index (χ1v) is 31.7. The highest BCUT2D eigenvalue weighted by molar-refractivity contribution is 6.93. The Kier molecular flexibility index (Phi) is 6.21. The molecule has 1 saturated heterocycles. The normalized spacial score (nSPS) is 39.1. The zero-order valence-corrected chi connectivity index (χ0v) is 29.8. The van der Waals surface area contributed by atoms with Crippen LogP contribution in [0.25, 0.3) is 0 Å². The summed E-state index contributed by atoms with van der Waals surface area (Å²) >= 11 is 0. The SMILES string of the molecule is [2H]C([2H])[Si]1(C)O[Si](C)(C)O[Si](C)(C)O[Si](C)(C)O[Si](C)(C)O[Si](C)(C)O[Si](C)(C)O[Si](C([2H])([2H])[2H])(C([2H])([2H])[2H])O1. The Morgan fingerprint density at radius 1 is 0.312 bits per heavy atom. The van der Waals surface area contributed by atoms with Crippen molar-refractivity contribution in [2.75, 3.05) is 0 Å². The van der Waals surface area contributed by atoms with Crippen LogP contribution in [0.5, 0.6) is 0 Å². The second kappa shape index (κ2) is 9.70. The third-order valence-corrected chi connectivity index (χ3v) is 32.8. The van der Waals surface area contributed by atoms with Crippen molar-refractivity contribution in [1.29, 1.82) is 0 Å². The minimum Gasteiger partial charge on any atom is -0.416 e. The lowest BCUT2D eigenvalue weighted by Gasteiger charge is -2.46. The highest BCUT2D eigenvalue weighted by atomic mass is 28.5. The van der Waals surface area contributed by atoms with E-state index < -0.39 is 87.9 Å². The van der Waals surface area contributed by atoms with E-state index in [0.29, 0.717) is 0 Å². The Morgan fingerprint density at radius 3 is 0.719 bits per heavy atom. The van der Waals surface area contributed by atoms with E-state index >= 15 is 0 Å². The molecular formula is C16H48O8Si8. The molecule has 0 aromatic carbocycles. The second-order valence-electron chi connectivity index (χ2n) is 10.8. The van der Waals surface area contributed by atoms with Gasteiger partial charge in [-0.25, -0.2) is 0 Å². The van der Waals surface area contributed by atoms with Gasteiger partial charge in [-0.2, -0.15) is 0 Å². The summed E-state index contributed by atoms with van der Waals surface area (Å²) in [7, 11) is -28.4. The number of hydrogen-bond acceptors (Lipinski definition) is 8. The van der Waals surface area contributed by atoms with E-state index in [-0.39, 0.29) is 0 Å². The van der Waals surface area contributed by atoms with Crippen molar-refractivity contribution in [3.05, 3.63) is 0 Å². The lowest BCUT2D eigenvalue weighted by atomic mass is 11.9. The van der Waals surface area contributed by atoms with E-state index in [1.807, 2.05) is 39.3 Å². The molecule has 0 spiro atoms. The van der Waals surface area contributed by atoms with Gasteiger partial charge in [-0.15, -0.1) is 0 Å². The molecule has 192 valence electrons. The van der Waals surface area contributed by atoms with Gasteiger partial charge in [0, 0.05) is 11.0 Å². The van der Waals surface area contributed by atoms with Crippen molar-refractivity contribution in [1.82, 2.24) is 0 Å². The van der Waals surface area contributed by atoms with Crippen LogP contribution in [0.4, 0.5) is 0 Å². The molecule has 0 amide bonds. The van der Waals surface area contributed by atoms with Crippen molar-refractivity contribution in [2.45, 2.75) is 105 Å². The average Bonchev–Trinajstić information content (AvgIpc) is 2.50. The standard InChI is InChI=1S/C16H48O8Si8/c1-25(2)17-26(3,4)19-28(7,8)21-30(11,12)23-32(15,16)24-31(13,14)22-29(9,10)20-27(5,6)18-25/h1-16H3/i1D2,3D3,4D3. The van der Waals surface area contributed by atoms with Gasteiger partial charge in [0.1, 0.15) is 0 Å². The van der Waals surface area contributed by atoms with E-state index in [9.17, 15) is 0 Å². The van der Waals surface area contributed by atoms with Gasteiger partial charge in [-0.1, -0.05) is 0 Å². The van der Waals surface area contributed by atoms with Gasteiger partial charge >= 0.3 is 68.5 Å². The maximum atomic E-state index is 8.36. The summed E-state index contributed by atoms with van der Waals surface area (Å²) in [6.45, 7) is 14.2. The zero-order valence-electron chi connectivity index (χ0n) is 29.8. The van der Waals surface area contributed by atoms with Crippen LogP contribution < -0.4 is 0 Å². The molecule has 0 radical (unpaired) electrons. The van der Waals surface area contributed by atoms with Gasteiger partial charge in [0.25, 0.3) is 0 Å². The van der Waals surface area contributed by atoms with Crippen LogP contribution in [-0.2, 0) is 32.9 Å². The summed E-state index contributed by atoms with van der Waals surface area (Å²) in [6, 6.07) is 0. The fourth-order valence-corrected chi connectivity index (χ4v) is 41.2. The van der Waals surface area contributed by atoms with E-state index in [2.05, 4.69) is 0 Å². The van der Waals surface area contributed by atoms with Crippen molar-refractivity contribution in [3.8, 4) is 0 Å². The molecule has 1 atom stereocenters. The summed E-state index contributed by atoms with van der Waals surface area (Å²) in [4.78, 5) is 0. The summed E-state index contributed by atoms with van der Waals surface area (Å²) in [5.74, 6) is 0. The fraction of sp³-hybridized carbons (Fsp3) is 1.00. The largest absolute Gasteiger partial charge is 0.416 e. The highest BCUT2D eigenvalue weighted by Crippen LogP contribution is 2.31. The minimum atomic E-state index is -5.33. The van der Waals surface area contributed by atoms with Crippen LogP contribution in [-0.4, -0.2) is 68.5 Å². The molecule has 0 aromatic heterocycles. The molecule has 8 nitrogen and oxygen atoms in total. The first kappa shape index (κ1) is 20.5. The van der Waals surface area contributed by atoms with Gasteiger partial charge < -0.3 is 32.9 Å². The third kappa shape index (κ3) is 11.9. The lowest BCUT2D eigenvalue weighted by molar-refractivity contribution is 0.241. The molecule has 0 aliphatic carbocycles. The first-order valence-electron chi connectivity index (χ1n) is 14.7. The van der Waals surface area contributed by atoms with E-state index in [1.165, 1.54) is 6.55 Å². The Bertz CT molecular complexity index is 889. The first-order chi connectivity index (χ1) is 17.1. The molecule has 1 rings (SSSR count). The maximum Gasteiger partial charge on any atom is 0.314 e. The second-order valence-corrected chi connectivity index (χ2v) is 37.4. The van der Waals surface area contributed by atoms with Crippen molar-refractivity contribution in [3.63, 3.8) is 0 Å². The zero-order chi connectivity index (χ0) is 32.2. The maximum absolute atomic E-state index is 8.36. The molecule has 1 unspecified atom stereocenters. The molecular weight excluding hydrogens is 545 g/mol. The van der Waals surface area contributed by atoms with Crippen LogP contribution in [0, 0.1) is 0 Å². The molecule has 16 heteroatoms. The van der Waals surface area contributed by atoms with E-state index in [0.717, 1.165) is 0 Å². The Labute approximate surface area is 216 Å².